The third-order valence-electron chi connectivity index (χ3n) is 2.05. The highest BCUT2D eigenvalue weighted by Crippen LogP contribution is 2.29. The van der Waals surface area contributed by atoms with Crippen LogP contribution in [0.4, 0.5) is 0 Å². The van der Waals surface area contributed by atoms with Gasteiger partial charge in [0.2, 0.25) is 0 Å². The molecule has 7 heteroatoms. The molecule has 0 aliphatic heterocycles. The van der Waals surface area contributed by atoms with Crippen molar-refractivity contribution in [1.29, 1.82) is 0 Å². The van der Waals surface area contributed by atoms with Gasteiger partial charge in [0, 0.05) is 19.4 Å². The molecule has 2 aromatic rings. The van der Waals surface area contributed by atoms with Gasteiger partial charge in [0.15, 0.2) is 5.16 Å². The lowest BCUT2D eigenvalue weighted by atomic mass is 10.3. The predicted octanol–water partition coefficient (Wildman–Crippen LogP) is 1.30. The number of aromatic amines is 1. The highest BCUT2D eigenvalue weighted by Gasteiger charge is 2.20. The summed E-state index contributed by atoms with van der Waals surface area (Å²) in [5.74, 6) is -0.973. The minimum absolute atomic E-state index is 0.226. The second kappa shape index (κ2) is 4.01. The Kier molecular flexibility index (Phi) is 2.69. The van der Waals surface area contributed by atoms with Gasteiger partial charge in [-0.15, -0.1) is 0 Å². The number of aryl methyl sites for hydroxylation is 2. The number of carboxylic acids is 1. The van der Waals surface area contributed by atoms with E-state index >= 15 is 0 Å². The average molecular weight is 238 g/mol. The molecule has 6 nitrogen and oxygen atoms in total. The quantitative estimate of drug-likeness (QED) is 0.842. The van der Waals surface area contributed by atoms with Gasteiger partial charge in [-0.05, 0) is 18.7 Å². The van der Waals surface area contributed by atoms with Gasteiger partial charge >= 0.3 is 5.97 Å². The van der Waals surface area contributed by atoms with E-state index < -0.39 is 5.97 Å². The summed E-state index contributed by atoms with van der Waals surface area (Å²) in [5.41, 5.74) is 0.730. The third kappa shape index (κ3) is 1.81. The molecule has 0 atom stereocenters. The maximum Gasteiger partial charge on any atom is 0.340 e. The molecule has 0 aromatic carbocycles. The van der Waals surface area contributed by atoms with E-state index in [2.05, 4.69) is 15.1 Å². The Bertz CT molecular complexity index is 518. The van der Waals surface area contributed by atoms with Crippen LogP contribution in [0.3, 0.4) is 0 Å². The van der Waals surface area contributed by atoms with Gasteiger partial charge < -0.3 is 10.1 Å². The van der Waals surface area contributed by atoms with E-state index in [9.17, 15) is 4.79 Å². The van der Waals surface area contributed by atoms with Crippen LogP contribution in [0.1, 0.15) is 16.1 Å². The minimum atomic E-state index is -0.973. The number of aromatic carboxylic acids is 1. The first kappa shape index (κ1) is 10.7. The zero-order valence-electron chi connectivity index (χ0n) is 8.76. The topological polar surface area (TPSA) is 83.8 Å². The number of nitrogens with one attached hydrogen (secondary N) is 1. The predicted molar refractivity (Wildman–Crippen MR) is 57.6 cm³/mol. The van der Waals surface area contributed by atoms with Crippen molar-refractivity contribution in [2.45, 2.75) is 17.1 Å². The Labute approximate surface area is 95.7 Å². The maximum absolute atomic E-state index is 11.1. The van der Waals surface area contributed by atoms with Crippen molar-refractivity contribution < 1.29 is 9.90 Å². The van der Waals surface area contributed by atoms with Crippen LogP contribution in [-0.4, -0.2) is 30.8 Å². The summed E-state index contributed by atoms with van der Waals surface area (Å²) < 4.78 is 1.55. The van der Waals surface area contributed by atoms with Gasteiger partial charge in [-0.25, -0.2) is 9.78 Å². The molecule has 16 heavy (non-hydrogen) atoms. The summed E-state index contributed by atoms with van der Waals surface area (Å²) in [6.07, 6.45) is 3.30. The van der Waals surface area contributed by atoms with E-state index in [0.29, 0.717) is 15.9 Å². The standard InChI is InChI=1S/C9H10N4O2S/c1-5-6(8(14)15)7(13(2)12-5)16-9-10-3-4-11-9/h3-4H,1-2H3,(H,10,11)(H,14,15). The van der Waals surface area contributed by atoms with Crippen molar-refractivity contribution in [2.75, 3.05) is 0 Å². The van der Waals surface area contributed by atoms with E-state index in [4.69, 9.17) is 5.11 Å². The summed E-state index contributed by atoms with van der Waals surface area (Å²) in [7, 11) is 1.71. The van der Waals surface area contributed by atoms with Crippen molar-refractivity contribution in [2.24, 2.45) is 7.05 Å². The lowest BCUT2D eigenvalue weighted by Gasteiger charge is -2.00. The zero-order valence-corrected chi connectivity index (χ0v) is 9.58. The summed E-state index contributed by atoms with van der Waals surface area (Å²) in [5, 5.41) is 14.4. The molecular formula is C9H10N4O2S. The Hall–Kier alpha value is -1.76. The van der Waals surface area contributed by atoms with Gasteiger partial charge in [0.25, 0.3) is 0 Å². The number of hydrogen-bond acceptors (Lipinski definition) is 4. The smallest absolute Gasteiger partial charge is 0.340 e. The van der Waals surface area contributed by atoms with Crippen LogP contribution >= 0.6 is 11.8 Å². The van der Waals surface area contributed by atoms with Gasteiger partial charge in [0.1, 0.15) is 10.6 Å². The van der Waals surface area contributed by atoms with E-state index in [-0.39, 0.29) is 5.56 Å². The number of H-pyrrole nitrogens is 1. The van der Waals surface area contributed by atoms with Gasteiger partial charge in [-0.3, -0.25) is 4.68 Å². The van der Waals surface area contributed by atoms with Crippen molar-refractivity contribution in [3.8, 4) is 0 Å². The number of aromatic nitrogens is 4. The first-order valence-corrected chi connectivity index (χ1v) is 5.35. The molecule has 0 saturated heterocycles. The van der Waals surface area contributed by atoms with Crippen LogP contribution in [-0.2, 0) is 7.05 Å². The van der Waals surface area contributed by atoms with E-state index in [1.807, 2.05) is 0 Å². The fraction of sp³-hybridized carbons (Fsp3) is 0.222. The SMILES string of the molecule is Cc1nn(C)c(Sc2ncc[nH]2)c1C(=O)O. The number of rotatable bonds is 3. The molecule has 2 rings (SSSR count). The van der Waals surface area contributed by atoms with Gasteiger partial charge in [-0.1, -0.05) is 0 Å². The lowest BCUT2D eigenvalue weighted by Crippen LogP contribution is -2.00. The molecule has 0 unspecified atom stereocenters. The first-order valence-electron chi connectivity index (χ1n) is 4.53. The molecule has 84 valence electrons. The second-order valence-electron chi connectivity index (χ2n) is 3.19. The highest BCUT2D eigenvalue weighted by atomic mass is 32.2. The molecule has 0 spiro atoms. The van der Waals surface area contributed by atoms with Gasteiger partial charge in [-0.2, -0.15) is 5.10 Å². The molecule has 0 fully saturated rings. The number of nitrogens with zero attached hydrogens (tertiary/aromatic N) is 3. The molecular weight excluding hydrogens is 228 g/mol. The van der Waals surface area contributed by atoms with Crippen LogP contribution in [0, 0.1) is 6.92 Å². The molecule has 2 N–H and O–H groups in total. The molecule has 0 radical (unpaired) electrons. The largest absolute Gasteiger partial charge is 0.478 e. The van der Waals surface area contributed by atoms with Crippen LogP contribution in [0.2, 0.25) is 0 Å². The molecule has 0 amide bonds. The number of imidazole rings is 1. The monoisotopic (exact) mass is 238 g/mol. The van der Waals surface area contributed by atoms with E-state index in [0.717, 1.165) is 0 Å². The fourth-order valence-corrected chi connectivity index (χ4v) is 2.33. The Morgan fingerprint density at radius 3 is 2.94 bits per heavy atom. The van der Waals surface area contributed by atoms with E-state index in [1.54, 1.807) is 31.0 Å². The summed E-state index contributed by atoms with van der Waals surface area (Å²) in [4.78, 5) is 18.0. The number of hydrogen-bond donors (Lipinski definition) is 2. The number of carboxylic acid groups (broad SMARTS) is 1. The van der Waals surface area contributed by atoms with Crippen molar-refractivity contribution in [3.63, 3.8) is 0 Å². The second-order valence-corrected chi connectivity index (χ2v) is 4.17. The summed E-state index contributed by atoms with van der Waals surface area (Å²) in [6.45, 7) is 1.68. The zero-order chi connectivity index (χ0) is 11.7. The lowest BCUT2D eigenvalue weighted by molar-refractivity contribution is 0.0692. The Morgan fingerprint density at radius 2 is 2.38 bits per heavy atom. The Morgan fingerprint density at radius 1 is 1.62 bits per heavy atom. The molecule has 0 bridgehead atoms. The normalized spacial score (nSPS) is 10.6. The Balaban J connectivity index is 2.43. The number of carbonyl (C=O) groups is 1. The van der Waals surface area contributed by atoms with Gasteiger partial charge in [0.05, 0.1) is 5.69 Å². The molecule has 0 aliphatic carbocycles. The maximum atomic E-state index is 11.1. The fourth-order valence-electron chi connectivity index (χ4n) is 1.40. The minimum Gasteiger partial charge on any atom is -0.478 e. The molecule has 2 heterocycles. The van der Waals surface area contributed by atoms with Crippen LogP contribution in [0.5, 0.6) is 0 Å². The third-order valence-corrected chi connectivity index (χ3v) is 3.13. The first-order chi connectivity index (χ1) is 7.59. The van der Waals surface area contributed by atoms with Crippen LogP contribution in [0.25, 0.3) is 0 Å². The van der Waals surface area contributed by atoms with Crippen molar-refractivity contribution in [3.05, 3.63) is 23.7 Å². The van der Waals surface area contributed by atoms with Crippen molar-refractivity contribution >= 4 is 17.7 Å². The van der Waals surface area contributed by atoms with Crippen LogP contribution < -0.4 is 0 Å². The average Bonchev–Trinajstić information content (AvgIpc) is 2.76. The van der Waals surface area contributed by atoms with Crippen molar-refractivity contribution in [1.82, 2.24) is 19.7 Å². The molecule has 0 saturated carbocycles. The molecule has 0 aliphatic rings. The summed E-state index contributed by atoms with van der Waals surface area (Å²) in [6, 6.07) is 0. The molecule has 2 aromatic heterocycles. The highest BCUT2D eigenvalue weighted by molar-refractivity contribution is 7.99. The van der Waals surface area contributed by atoms with Crippen LogP contribution in [0.15, 0.2) is 22.6 Å². The van der Waals surface area contributed by atoms with E-state index in [1.165, 1.54) is 11.8 Å². The summed E-state index contributed by atoms with van der Waals surface area (Å²) >= 11 is 1.25.